The highest BCUT2D eigenvalue weighted by Crippen LogP contribution is 2.19. The van der Waals surface area contributed by atoms with Crippen molar-refractivity contribution in [2.45, 2.75) is 6.04 Å². The summed E-state index contributed by atoms with van der Waals surface area (Å²) in [5.74, 6) is 2.10. The van der Waals surface area contributed by atoms with Gasteiger partial charge in [-0.25, -0.2) is 0 Å². The maximum Gasteiger partial charge on any atom is 0.247 e. The topological polar surface area (TPSA) is 80.1 Å². The van der Waals surface area contributed by atoms with E-state index in [9.17, 15) is 4.79 Å². The van der Waals surface area contributed by atoms with Gasteiger partial charge in [0.25, 0.3) is 0 Å². The van der Waals surface area contributed by atoms with E-state index < -0.39 is 0 Å². The lowest BCUT2D eigenvalue weighted by atomic mass is 10.2. The monoisotopic (exact) mass is 276 g/mol. The van der Waals surface area contributed by atoms with E-state index in [0.29, 0.717) is 5.89 Å². The number of hydrogen-bond acceptors (Lipinski definition) is 6. The molecule has 1 unspecified atom stereocenters. The Morgan fingerprint density at radius 3 is 2.89 bits per heavy atom. The van der Waals surface area contributed by atoms with Crippen LogP contribution in [0.3, 0.4) is 0 Å². The molecule has 3 rings (SSSR count). The normalized spacial score (nSPS) is 18.4. The molecule has 1 fully saturated rings. The molecule has 0 saturated carbocycles. The van der Waals surface area contributed by atoms with Gasteiger partial charge in [-0.05, 0) is 24.3 Å². The average Bonchev–Trinajstić information content (AvgIpc) is 3.13. The number of carbonyl (C=O) groups is 1. The van der Waals surface area contributed by atoms with Crippen molar-refractivity contribution in [3.05, 3.63) is 30.7 Å². The Morgan fingerprint density at radius 1 is 1.42 bits per heavy atom. The summed E-state index contributed by atoms with van der Waals surface area (Å²) in [5.41, 5.74) is 1.58. The molecule has 1 aromatic heterocycles. The summed E-state index contributed by atoms with van der Waals surface area (Å²) >= 11 is 1.72. The lowest BCUT2D eigenvalue weighted by molar-refractivity contribution is -0.117. The van der Waals surface area contributed by atoms with E-state index >= 15 is 0 Å². The van der Waals surface area contributed by atoms with Gasteiger partial charge in [0.05, 0.1) is 6.04 Å². The van der Waals surface area contributed by atoms with Crippen LogP contribution in [0.5, 0.6) is 0 Å². The Hall–Kier alpha value is -1.86. The molecule has 2 aromatic rings. The van der Waals surface area contributed by atoms with Crippen LogP contribution in [-0.4, -0.2) is 33.8 Å². The van der Waals surface area contributed by atoms with Gasteiger partial charge in [-0.3, -0.25) is 10.1 Å². The Kier molecular flexibility index (Phi) is 3.47. The molecule has 0 radical (unpaired) electrons. The number of nitrogens with one attached hydrogen (secondary N) is 2. The summed E-state index contributed by atoms with van der Waals surface area (Å²) in [6.07, 6.45) is 1.29. The van der Waals surface area contributed by atoms with Gasteiger partial charge in [0.2, 0.25) is 18.2 Å². The fourth-order valence-corrected chi connectivity index (χ4v) is 2.73. The van der Waals surface area contributed by atoms with Crippen molar-refractivity contribution >= 4 is 23.4 Å². The third-order valence-electron chi connectivity index (χ3n) is 2.79. The lowest BCUT2D eigenvalue weighted by Crippen LogP contribution is -2.37. The summed E-state index contributed by atoms with van der Waals surface area (Å²) in [6.45, 7) is 0. The standard InChI is InChI=1S/C12H12N4O2S/c17-11(10-5-19-7-13-10)15-9-3-1-8(2-4-9)12-16-14-6-18-12/h1-4,6,10,13H,5,7H2,(H,15,17). The molecule has 19 heavy (non-hydrogen) atoms. The smallest absolute Gasteiger partial charge is 0.247 e. The van der Waals surface area contributed by atoms with Gasteiger partial charge in [-0.1, -0.05) is 0 Å². The first-order chi connectivity index (χ1) is 9.33. The van der Waals surface area contributed by atoms with Gasteiger partial charge in [0, 0.05) is 22.9 Å². The van der Waals surface area contributed by atoms with Gasteiger partial charge in [-0.15, -0.1) is 22.0 Å². The Balaban J connectivity index is 1.67. The first kappa shape index (κ1) is 12.2. The average molecular weight is 276 g/mol. The van der Waals surface area contributed by atoms with Crippen LogP contribution in [0.1, 0.15) is 0 Å². The molecule has 0 bridgehead atoms. The molecule has 1 aliphatic heterocycles. The van der Waals surface area contributed by atoms with Gasteiger partial charge >= 0.3 is 0 Å². The number of hydrogen-bond donors (Lipinski definition) is 2. The van der Waals surface area contributed by atoms with Crippen LogP contribution in [0.2, 0.25) is 0 Å². The molecule has 0 spiro atoms. The maximum atomic E-state index is 11.9. The van der Waals surface area contributed by atoms with E-state index in [1.165, 1.54) is 6.39 Å². The van der Waals surface area contributed by atoms with Crippen LogP contribution < -0.4 is 10.6 Å². The van der Waals surface area contributed by atoms with Crippen molar-refractivity contribution in [1.29, 1.82) is 0 Å². The second-order valence-corrected chi connectivity index (χ2v) is 5.11. The first-order valence-corrected chi connectivity index (χ1v) is 6.97. The fourth-order valence-electron chi connectivity index (χ4n) is 1.79. The number of rotatable bonds is 3. The van der Waals surface area contributed by atoms with E-state index in [2.05, 4.69) is 20.8 Å². The second kappa shape index (κ2) is 5.41. The zero-order valence-corrected chi connectivity index (χ0v) is 10.8. The summed E-state index contributed by atoms with van der Waals surface area (Å²) in [6, 6.07) is 7.19. The Bertz CT molecular complexity index is 550. The quantitative estimate of drug-likeness (QED) is 0.880. The van der Waals surface area contributed by atoms with Gasteiger partial charge < -0.3 is 9.73 Å². The van der Waals surface area contributed by atoms with Crippen LogP contribution in [0.4, 0.5) is 5.69 Å². The van der Waals surface area contributed by atoms with Crippen molar-refractivity contribution in [3.63, 3.8) is 0 Å². The molecule has 1 saturated heterocycles. The van der Waals surface area contributed by atoms with E-state index in [4.69, 9.17) is 4.42 Å². The van der Waals surface area contributed by atoms with Crippen molar-refractivity contribution in [1.82, 2.24) is 15.5 Å². The highest BCUT2D eigenvalue weighted by atomic mass is 32.2. The number of nitrogens with zero attached hydrogens (tertiary/aromatic N) is 2. The molecule has 6 nitrogen and oxygen atoms in total. The summed E-state index contributed by atoms with van der Waals surface area (Å²) in [5, 5.41) is 13.5. The largest absolute Gasteiger partial charge is 0.423 e. The number of amides is 1. The number of anilines is 1. The fraction of sp³-hybridized carbons (Fsp3) is 0.250. The SMILES string of the molecule is O=C(Nc1ccc(-c2nnco2)cc1)C1CSCN1. The zero-order chi connectivity index (χ0) is 13.1. The van der Waals surface area contributed by atoms with Crippen molar-refractivity contribution in [2.75, 3.05) is 16.9 Å². The van der Waals surface area contributed by atoms with E-state index in [1.807, 2.05) is 24.3 Å². The van der Waals surface area contributed by atoms with Gasteiger partial charge in [-0.2, -0.15) is 0 Å². The lowest BCUT2D eigenvalue weighted by Gasteiger charge is -2.10. The minimum atomic E-state index is -0.111. The summed E-state index contributed by atoms with van der Waals surface area (Å²) in [7, 11) is 0. The molecule has 98 valence electrons. The summed E-state index contributed by atoms with van der Waals surface area (Å²) in [4.78, 5) is 11.9. The van der Waals surface area contributed by atoms with Crippen molar-refractivity contribution in [3.8, 4) is 11.5 Å². The van der Waals surface area contributed by atoms with Crippen LogP contribution in [0.25, 0.3) is 11.5 Å². The third kappa shape index (κ3) is 2.77. The first-order valence-electron chi connectivity index (χ1n) is 5.81. The highest BCUT2D eigenvalue weighted by Gasteiger charge is 2.22. The van der Waals surface area contributed by atoms with Crippen LogP contribution in [-0.2, 0) is 4.79 Å². The molecule has 1 amide bonds. The van der Waals surface area contributed by atoms with E-state index in [-0.39, 0.29) is 11.9 Å². The van der Waals surface area contributed by atoms with Gasteiger partial charge in [0.15, 0.2) is 0 Å². The predicted octanol–water partition coefficient (Wildman–Crippen LogP) is 1.34. The van der Waals surface area contributed by atoms with Crippen LogP contribution >= 0.6 is 11.8 Å². The van der Waals surface area contributed by atoms with E-state index in [0.717, 1.165) is 22.9 Å². The second-order valence-electron chi connectivity index (χ2n) is 4.08. The van der Waals surface area contributed by atoms with Crippen LogP contribution in [0, 0.1) is 0 Å². The van der Waals surface area contributed by atoms with E-state index in [1.54, 1.807) is 11.8 Å². The number of carbonyl (C=O) groups excluding carboxylic acids is 1. The molecule has 1 aromatic carbocycles. The molecular formula is C12H12N4O2S. The number of benzene rings is 1. The number of thioether (sulfide) groups is 1. The predicted molar refractivity (Wildman–Crippen MR) is 72.6 cm³/mol. The molecule has 7 heteroatoms. The number of aromatic nitrogens is 2. The molecule has 0 aliphatic carbocycles. The minimum absolute atomic E-state index is 0.00413. The third-order valence-corrected chi connectivity index (χ3v) is 3.73. The summed E-state index contributed by atoms with van der Waals surface area (Å²) < 4.78 is 5.10. The molecular weight excluding hydrogens is 264 g/mol. The van der Waals surface area contributed by atoms with Gasteiger partial charge in [0.1, 0.15) is 0 Å². The van der Waals surface area contributed by atoms with Crippen LogP contribution in [0.15, 0.2) is 35.1 Å². The Labute approximate surface area is 114 Å². The zero-order valence-electron chi connectivity index (χ0n) is 10.00. The highest BCUT2D eigenvalue weighted by molar-refractivity contribution is 7.99. The van der Waals surface area contributed by atoms with Crippen molar-refractivity contribution < 1.29 is 9.21 Å². The molecule has 1 atom stereocenters. The van der Waals surface area contributed by atoms with Crippen molar-refractivity contribution in [2.24, 2.45) is 0 Å². The minimum Gasteiger partial charge on any atom is -0.423 e. The molecule has 1 aliphatic rings. The molecule has 2 N–H and O–H groups in total. The maximum absolute atomic E-state index is 11.9. The molecule has 2 heterocycles. The Morgan fingerprint density at radius 2 is 2.26 bits per heavy atom.